The number of benzene rings is 1. The molecule has 3 aromatic heterocycles. The molecule has 1 aromatic carbocycles. The van der Waals surface area contributed by atoms with Crippen LogP contribution >= 0.6 is 0 Å². The number of aromatic nitrogens is 4. The fourth-order valence-corrected chi connectivity index (χ4v) is 2.59. The third-order valence-electron chi connectivity index (χ3n) is 3.84. The van der Waals surface area contributed by atoms with Crippen molar-refractivity contribution in [2.75, 3.05) is 12.4 Å². The molecule has 1 N–H and O–H groups in total. The summed E-state index contributed by atoms with van der Waals surface area (Å²) >= 11 is 0. The standard InChI is InChI=1S/C19H14FN5O/c1-26-15-6-2-4-13(16(15)20)18-24-17-14(5-3-9-22-17)19(25-18)23-12-7-10-21-11-8-12/h2-11H,1H3,(H,21,22,23,24,25). The van der Waals surface area contributed by atoms with Crippen LogP contribution in [0.1, 0.15) is 0 Å². The number of nitrogens with zero attached hydrogens (tertiary/aromatic N) is 4. The highest BCUT2D eigenvalue weighted by Gasteiger charge is 2.16. The minimum Gasteiger partial charge on any atom is -0.494 e. The molecule has 0 radical (unpaired) electrons. The number of anilines is 2. The highest BCUT2D eigenvalue weighted by Crippen LogP contribution is 2.30. The van der Waals surface area contributed by atoms with Gasteiger partial charge in [-0.15, -0.1) is 0 Å². The molecule has 0 saturated carbocycles. The van der Waals surface area contributed by atoms with Gasteiger partial charge in [0.05, 0.1) is 18.1 Å². The summed E-state index contributed by atoms with van der Waals surface area (Å²) in [4.78, 5) is 17.2. The lowest BCUT2D eigenvalue weighted by Gasteiger charge is -2.11. The second kappa shape index (κ2) is 6.72. The Morgan fingerprint density at radius 2 is 1.81 bits per heavy atom. The monoisotopic (exact) mass is 347 g/mol. The zero-order valence-electron chi connectivity index (χ0n) is 13.8. The summed E-state index contributed by atoms with van der Waals surface area (Å²) in [5.41, 5.74) is 1.52. The van der Waals surface area contributed by atoms with Gasteiger partial charge in [-0.05, 0) is 36.4 Å². The van der Waals surface area contributed by atoms with Crippen LogP contribution in [0, 0.1) is 5.82 Å². The van der Waals surface area contributed by atoms with E-state index >= 15 is 0 Å². The first-order valence-corrected chi connectivity index (χ1v) is 7.89. The van der Waals surface area contributed by atoms with Gasteiger partial charge in [-0.3, -0.25) is 4.98 Å². The minimum absolute atomic E-state index is 0.135. The van der Waals surface area contributed by atoms with Crippen LogP contribution in [0.4, 0.5) is 15.9 Å². The van der Waals surface area contributed by atoms with Crippen molar-refractivity contribution in [2.45, 2.75) is 0 Å². The highest BCUT2D eigenvalue weighted by atomic mass is 19.1. The Bertz CT molecular complexity index is 1070. The molecule has 4 aromatic rings. The summed E-state index contributed by atoms with van der Waals surface area (Å²) in [5.74, 6) is 0.381. The molecule has 6 nitrogen and oxygen atoms in total. The lowest BCUT2D eigenvalue weighted by atomic mass is 10.1. The van der Waals surface area contributed by atoms with E-state index in [0.717, 1.165) is 11.1 Å². The van der Waals surface area contributed by atoms with Crippen LogP contribution in [0.5, 0.6) is 5.75 Å². The molecule has 0 fully saturated rings. The van der Waals surface area contributed by atoms with Crippen LogP contribution in [0.3, 0.4) is 0 Å². The van der Waals surface area contributed by atoms with Crippen LogP contribution in [0.15, 0.2) is 61.1 Å². The third kappa shape index (κ3) is 2.90. The van der Waals surface area contributed by atoms with Crippen molar-refractivity contribution in [1.82, 2.24) is 19.9 Å². The van der Waals surface area contributed by atoms with Crippen LogP contribution < -0.4 is 10.1 Å². The van der Waals surface area contributed by atoms with Gasteiger partial charge in [-0.2, -0.15) is 0 Å². The van der Waals surface area contributed by atoms with E-state index in [1.807, 2.05) is 18.2 Å². The molecule has 26 heavy (non-hydrogen) atoms. The zero-order chi connectivity index (χ0) is 17.9. The Morgan fingerprint density at radius 1 is 0.962 bits per heavy atom. The van der Waals surface area contributed by atoms with Gasteiger partial charge in [0, 0.05) is 24.3 Å². The second-order valence-corrected chi connectivity index (χ2v) is 5.45. The minimum atomic E-state index is -0.514. The Kier molecular flexibility index (Phi) is 4.10. The average Bonchev–Trinajstić information content (AvgIpc) is 2.69. The van der Waals surface area contributed by atoms with Crippen molar-refractivity contribution in [1.29, 1.82) is 0 Å². The molecule has 0 atom stereocenters. The largest absolute Gasteiger partial charge is 0.494 e. The molecule has 0 amide bonds. The average molecular weight is 347 g/mol. The van der Waals surface area contributed by atoms with Gasteiger partial charge in [-0.1, -0.05) is 6.07 Å². The van der Waals surface area contributed by atoms with E-state index in [0.29, 0.717) is 11.5 Å². The molecule has 0 saturated heterocycles. The lowest BCUT2D eigenvalue weighted by Crippen LogP contribution is -2.02. The zero-order valence-corrected chi connectivity index (χ0v) is 13.8. The maximum absolute atomic E-state index is 14.7. The molecule has 4 rings (SSSR count). The van der Waals surface area contributed by atoms with Crippen molar-refractivity contribution in [2.24, 2.45) is 0 Å². The van der Waals surface area contributed by atoms with E-state index in [2.05, 4.69) is 25.3 Å². The quantitative estimate of drug-likeness (QED) is 0.602. The van der Waals surface area contributed by atoms with E-state index in [9.17, 15) is 4.39 Å². The number of rotatable bonds is 4. The van der Waals surface area contributed by atoms with Crippen LogP contribution in [0.25, 0.3) is 22.4 Å². The van der Waals surface area contributed by atoms with Gasteiger partial charge < -0.3 is 10.1 Å². The summed E-state index contributed by atoms with van der Waals surface area (Å²) in [6, 6.07) is 12.1. The first-order chi connectivity index (χ1) is 12.8. The summed E-state index contributed by atoms with van der Waals surface area (Å²) < 4.78 is 19.7. The molecular formula is C19H14FN5O. The fourth-order valence-electron chi connectivity index (χ4n) is 2.59. The van der Waals surface area contributed by atoms with E-state index in [-0.39, 0.29) is 17.1 Å². The number of hydrogen-bond acceptors (Lipinski definition) is 6. The molecular weight excluding hydrogens is 333 g/mol. The molecule has 0 aliphatic rings. The maximum atomic E-state index is 14.7. The van der Waals surface area contributed by atoms with Crippen molar-refractivity contribution < 1.29 is 9.13 Å². The SMILES string of the molecule is COc1cccc(-c2nc(Nc3ccncc3)c3cccnc3n2)c1F. The second-order valence-electron chi connectivity index (χ2n) is 5.45. The van der Waals surface area contributed by atoms with Gasteiger partial charge in [0.2, 0.25) is 0 Å². The topological polar surface area (TPSA) is 72.8 Å². The van der Waals surface area contributed by atoms with E-state index in [1.54, 1.807) is 42.9 Å². The third-order valence-corrected chi connectivity index (χ3v) is 3.84. The molecule has 3 heterocycles. The van der Waals surface area contributed by atoms with Gasteiger partial charge in [-0.25, -0.2) is 19.3 Å². The molecule has 0 unspecified atom stereocenters. The maximum Gasteiger partial charge on any atom is 0.176 e. The van der Waals surface area contributed by atoms with Crippen LogP contribution in [-0.2, 0) is 0 Å². The molecule has 0 aliphatic carbocycles. The van der Waals surface area contributed by atoms with Crippen molar-refractivity contribution >= 4 is 22.5 Å². The fraction of sp³-hybridized carbons (Fsp3) is 0.0526. The Morgan fingerprint density at radius 3 is 2.62 bits per heavy atom. The Labute approximate surface area is 148 Å². The number of halogens is 1. The molecule has 0 bridgehead atoms. The first kappa shape index (κ1) is 15.9. The summed E-state index contributed by atoms with van der Waals surface area (Å²) in [6.45, 7) is 0. The number of hydrogen-bond donors (Lipinski definition) is 1. The predicted molar refractivity (Wildman–Crippen MR) is 96.8 cm³/mol. The normalized spacial score (nSPS) is 10.7. The molecule has 7 heteroatoms. The summed E-state index contributed by atoms with van der Waals surface area (Å²) in [5, 5.41) is 3.95. The van der Waals surface area contributed by atoms with Crippen molar-refractivity contribution in [3.63, 3.8) is 0 Å². The van der Waals surface area contributed by atoms with Crippen LogP contribution in [0.2, 0.25) is 0 Å². The number of ether oxygens (including phenoxy) is 1. The smallest absolute Gasteiger partial charge is 0.176 e. The molecule has 128 valence electrons. The summed E-state index contributed by atoms with van der Waals surface area (Å²) in [7, 11) is 1.42. The summed E-state index contributed by atoms with van der Waals surface area (Å²) in [6.07, 6.45) is 4.98. The number of pyridine rings is 2. The van der Waals surface area contributed by atoms with Gasteiger partial charge in [0.1, 0.15) is 5.82 Å². The Hall–Kier alpha value is -3.61. The lowest BCUT2D eigenvalue weighted by molar-refractivity contribution is 0.387. The highest BCUT2D eigenvalue weighted by molar-refractivity contribution is 5.89. The number of nitrogens with one attached hydrogen (secondary N) is 1. The number of methoxy groups -OCH3 is 1. The Balaban J connectivity index is 1.89. The predicted octanol–water partition coefficient (Wildman–Crippen LogP) is 3.98. The van der Waals surface area contributed by atoms with Crippen LogP contribution in [-0.4, -0.2) is 27.0 Å². The molecule has 0 spiro atoms. The van der Waals surface area contributed by atoms with Gasteiger partial charge >= 0.3 is 0 Å². The van der Waals surface area contributed by atoms with Crippen molar-refractivity contribution in [3.8, 4) is 17.1 Å². The van der Waals surface area contributed by atoms with Gasteiger partial charge in [0.25, 0.3) is 0 Å². The van der Waals surface area contributed by atoms with E-state index in [4.69, 9.17) is 4.74 Å². The van der Waals surface area contributed by atoms with Gasteiger partial charge in [0.15, 0.2) is 23.0 Å². The van der Waals surface area contributed by atoms with E-state index in [1.165, 1.54) is 7.11 Å². The molecule has 0 aliphatic heterocycles. The number of fused-ring (bicyclic) bond motifs is 1. The van der Waals surface area contributed by atoms with Crippen molar-refractivity contribution in [3.05, 3.63) is 66.9 Å². The first-order valence-electron chi connectivity index (χ1n) is 7.89. The van der Waals surface area contributed by atoms with E-state index < -0.39 is 5.82 Å².